The van der Waals surface area contributed by atoms with Gasteiger partial charge in [0.05, 0.1) is 18.8 Å². The average Bonchev–Trinajstić information content (AvgIpc) is 3.05. The minimum Gasteiger partial charge on any atom is -0.395 e. The molecule has 2 heterocycles. The third-order valence-corrected chi connectivity index (χ3v) is 5.38. The van der Waals surface area contributed by atoms with E-state index in [1.165, 1.54) is 18.4 Å². The summed E-state index contributed by atoms with van der Waals surface area (Å²) in [7, 11) is 2.18. The molecule has 1 aliphatic rings. The van der Waals surface area contributed by atoms with Gasteiger partial charge in [0.2, 0.25) is 0 Å². The molecule has 0 atom stereocenters. The first kappa shape index (κ1) is 16.6. The molecule has 124 valence electrons. The molecule has 2 aromatic rings. The Hall–Kier alpha value is -1.27. The van der Waals surface area contributed by atoms with Gasteiger partial charge in [0.1, 0.15) is 5.01 Å². The Morgan fingerprint density at radius 2 is 2.00 bits per heavy atom. The maximum atomic E-state index is 9.41. The van der Waals surface area contributed by atoms with Crippen molar-refractivity contribution in [1.29, 1.82) is 0 Å². The molecule has 0 unspecified atom stereocenters. The van der Waals surface area contributed by atoms with Crippen LogP contribution < -0.4 is 0 Å². The van der Waals surface area contributed by atoms with Crippen LogP contribution in [-0.2, 0) is 6.54 Å². The van der Waals surface area contributed by atoms with Crippen LogP contribution in [0.5, 0.6) is 0 Å². The Morgan fingerprint density at radius 3 is 2.70 bits per heavy atom. The Kier molecular flexibility index (Phi) is 5.78. The molecular formula is C18H25N3OS. The first-order chi connectivity index (χ1) is 11.3. The zero-order valence-corrected chi connectivity index (χ0v) is 14.5. The third-order valence-electron chi connectivity index (χ3n) is 4.55. The number of hydrogen-bond donors (Lipinski definition) is 1. The van der Waals surface area contributed by atoms with Crippen molar-refractivity contribution in [3.05, 3.63) is 40.7 Å². The van der Waals surface area contributed by atoms with E-state index in [0.29, 0.717) is 6.04 Å². The van der Waals surface area contributed by atoms with Gasteiger partial charge in [-0.05, 0) is 33.0 Å². The molecular weight excluding hydrogens is 306 g/mol. The quantitative estimate of drug-likeness (QED) is 0.883. The Bertz CT molecular complexity index is 593. The summed E-state index contributed by atoms with van der Waals surface area (Å²) in [6.07, 6.45) is 2.35. The summed E-state index contributed by atoms with van der Waals surface area (Å²) in [6, 6.07) is 10.9. The van der Waals surface area contributed by atoms with Crippen molar-refractivity contribution >= 4 is 11.3 Å². The van der Waals surface area contributed by atoms with E-state index in [-0.39, 0.29) is 6.61 Å². The monoisotopic (exact) mass is 331 g/mol. The van der Waals surface area contributed by atoms with Gasteiger partial charge in [-0.2, -0.15) is 0 Å². The van der Waals surface area contributed by atoms with Gasteiger partial charge in [0.25, 0.3) is 0 Å². The van der Waals surface area contributed by atoms with Crippen LogP contribution in [0.4, 0.5) is 0 Å². The lowest BCUT2D eigenvalue weighted by atomic mass is 10.0. The number of rotatable bonds is 6. The highest BCUT2D eigenvalue weighted by Crippen LogP contribution is 2.24. The second-order valence-corrected chi connectivity index (χ2v) is 7.16. The first-order valence-corrected chi connectivity index (χ1v) is 9.17. The molecule has 1 aromatic carbocycles. The molecule has 1 N–H and O–H groups in total. The van der Waals surface area contributed by atoms with Gasteiger partial charge in [-0.3, -0.25) is 4.90 Å². The lowest BCUT2D eigenvalue weighted by Gasteiger charge is -2.36. The lowest BCUT2D eigenvalue weighted by Crippen LogP contribution is -2.44. The lowest BCUT2D eigenvalue weighted by molar-refractivity contribution is 0.0941. The van der Waals surface area contributed by atoms with Gasteiger partial charge < -0.3 is 10.0 Å². The van der Waals surface area contributed by atoms with Crippen LogP contribution in [0.25, 0.3) is 11.3 Å². The third kappa shape index (κ3) is 4.38. The van der Waals surface area contributed by atoms with Gasteiger partial charge in [0, 0.05) is 23.5 Å². The Labute approximate surface area is 142 Å². The minimum atomic E-state index is 0.212. The summed E-state index contributed by atoms with van der Waals surface area (Å²) in [5.41, 5.74) is 2.22. The van der Waals surface area contributed by atoms with Crippen LogP contribution in [0, 0.1) is 0 Å². The normalized spacial score (nSPS) is 17.0. The average molecular weight is 331 g/mol. The largest absolute Gasteiger partial charge is 0.395 e. The summed E-state index contributed by atoms with van der Waals surface area (Å²) in [4.78, 5) is 9.58. The van der Waals surface area contributed by atoms with E-state index in [2.05, 4.69) is 34.4 Å². The van der Waals surface area contributed by atoms with Gasteiger partial charge in [-0.1, -0.05) is 30.3 Å². The maximum absolute atomic E-state index is 9.41. The van der Waals surface area contributed by atoms with Gasteiger partial charge in [0.15, 0.2) is 0 Å². The topological polar surface area (TPSA) is 39.6 Å². The summed E-state index contributed by atoms with van der Waals surface area (Å²) in [6.45, 7) is 4.06. The van der Waals surface area contributed by atoms with Crippen molar-refractivity contribution in [2.45, 2.75) is 25.4 Å². The van der Waals surface area contributed by atoms with Crippen molar-refractivity contribution in [3.63, 3.8) is 0 Å². The fourth-order valence-corrected chi connectivity index (χ4v) is 4.01. The van der Waals surface area contributed by atoms with Crippen LogP contribution >= 0.6 is 11.3 Å². The molecule has 0 radical (unpaired) electrons. The van der Waals surface area contributed by atoms with Crippen LogP contribution in [0.2, 0.25) is 0 Å². The number of piperidine rings is 1. The number of benzene rings is 1. The van der Waals surface area contributed by atoms with Crippen molar-refractivity contribution < 1.29 is 5.11 Å². The number of thiazole rings is 1. The van der Waals surface area contributed by atoms with Crippen molar-refractivity contribution in [2.75, 3.05) is 33.3 Å². The van der Waals surface area contributed by atoms with E-state index in [1.54, 1.807) is 11.3 Å². The van der Waals surface area contributed by atoms with Crippen LogP contribution in [0.15, 0.2) is 35.7 Å². The predicted molar refractivity (Wildman–Crippen MR) is 95.6 cm³/mol. The molecule has 0 spiro atoms. The molecule has 1 aliphatic heterocycles. The van der Waals surface area contributed by atoms with Crippen molar-refractivity contribution in [2.24, 2.45) is 0 Å². The van der Waals surface area contributed by atoms with Crippen LogP contribution in [-0.4, -0.2) is 59.2 Å². The highest BCUT2D eigenvalue weighted by Gasteiger charge is 2.23. The van der Waals surface area contributed by atoms with Crippen molar-refractivity contribution in [1.82, 2.24) is 14.8 Å². The summed E-state index contributed by atoms with van der Waals surface area (Å²) >= 11 is 1.72. The Morgan fingerprint density at radius 1 is 1.26 bits per heavy atom. The fourth-order valence-electron chi connectivity index (χ4n) is 3.18. The van der Waals surface area contributed by atoms with Gasteiger partial charge in [-0.25, -0.2) is 4.98 Å². The molecule has 0 aliphatic carbocycles. The van der Waals surface area contributed by atoms with E-state index in [0.717, 1.165) is 36.9 Å². The first-order valence-electron chi connectivity index (χ1n) is 8.29. The molecule has 4 nitrogen and oxygen atoms in total. The number of aliphatic hydroxyl groups is 1. The maximum Gasteiger partial charge on any atom is 0.107 e. The molecule has 3 rings (SSSR count). The molecule has 5 heteroatoms. The number of aromatic nitrogens is 1. The molecule has 0 amide bonds. The summed E-state index contributed by atoms with van der Waals surface area (Å²) in [5.74, 6) is 0. The molecule has 1 aromatic heterocycles. The SMILES string of the molecule is CN1CCC(N(CCO)Cc2nc(-c3ccccc3)cs2)CC1. The highest BCUT2D eigenvalue weighted by molar-refractivity contribution is 7.09. The molecule has 23 heavy (non-hydrogen) atoms. The van der Waals surface area contributed by atoms with Crippen LogP contribution in [0.1, 0.15) is 17.8 Å². The predicted octanol–water partition coefficient (Wildman–Crippen LogP) is 2.70. The number of hydrogen-bond acceptors (Lipinski definition) is 5. The van der Waals surface area contributed by atoms with Crippen molar-refractivity contribution in [3.8, 4) is 11.3 Å². The summed E-state index contributed by atoms with van der Waals surface area (Å²) in [5, 5.41) is 12.7. The zero-order valence-electron chi connectivity index (χ0n) is 13.7. The smallest absolute Gasteiger partial charge is 0.107 e. The second kappa shape index (κ2) is 8.02. The van der Waals surface area contributed by atoms with E-state index in [4.69, 9.17) is 4.98 Å². The Balaban J connectivity index is 1.67. The van der Waals surface area contributed by atoms with E-state index in [9.17, 15) is 5.11 Å². The molecule has 1 fully saturated rings. The van der Waals surface area contributed by atoms with E-state index >= 15 is 0 Å². The summed E-state index contributed by atoms with van der Waals surface area (Å²) < 4.78 is 0. The second-order valence-electron chi connectivity index (χ2n) is 6.22. The van der Waals surface area contributed by atoms with Crippen LogP contribution in [0.3, 0.4) is 0 Å². The molecule has 0 bridgehead atoms. The zero-order chi connectivity index (χ0) is 16.1. The highest BCUT2D eigenvalue weighted by atomic mass is 32.1. The number of likely N-dealkylation sites (tertiary alicyclic amines) is 1. The standard InChI is InChI=1S/C18H25N3OS/c1-20-9-7-16(8-10-20)21(11-12-22)13-18-19-17(14-23-18)15-5-3-2-4-6-15/h2-6,14,16,22H,7-13H2,1H3. The molecule has 0 saturated carbocycles. The number of nitrogens with zero attached hydrogens (tertiary/aromatic N) is 3. The minimum absolute atomic E-state index is 0.212. The van der Waals surface area contributed by atoms with Gasteiger partial charge >= 0.3 is 0 Å². The molecule has 1 saturated heterocycles. The van der Waals surface area contributed by atoms with E-state index in [1.807, 2.05) is 18.2 Å². The van der Waals surface area contributed by atoms with Gasteiger partial charge in [-0.15, -0.1) is 11.3 Å². The fraction of sp³-hybridized carbons (Fsp3) is 0.500. The van der Waals surface area contributed by atoms with E-state index < -0.39 is 0 Å². The number of aliphatic hydroxyl groups excluding tert-OH is 1.